The number of halogens is 3. The second kappa shape index (κ2) is 8.29. The summed E-state index contributed by atoms with van der Waals surface area (Å²) < 4.78 is 27.0. The van der Waals surface area contributed by atoms with E-state index >= 15 is 0 Å². The lowest BCUT2D eigenvalue weighted by Crippen LogP contribution is -2.34. The highest BCUT2D eigenvalue weighted by Gasteiger charge is 2.21. The molecule has 3 nitrogen and oxygen atoms in total. The molecule has 0 bridgehead atoms. The molecule has 21 heavy (non-hydrogen) atoms. The predicted molar refractivity (Wildman–Crippen MR) is 80.4 cm³/mol. The molecular formula is C15H21ClF2N2O. The molecule has 1 aliphatic rings. The Morgan fingerprint density at radius 3 is 2.86 bits per heavy atom. The highest BCUT2D eigenvalue weighted by Crippen LogP contribution is 2.21. The minimum Gasteiger partial charge on any atom is -0.349 e. The van der Waals surface area contributed by atoms with E-state index in [0.29, 0.717) is 12.8 Å². The van der Waals surface area contributed by atoms with Crippen molar-refractivity contribution in [3.63, 3.8) is 0 Å². The number of rotatable bonds is 5. The highest BCUT2D eigenvalue weighted by molar-refractivity contribution is 5.85. The molecule has 1 heterocycles. The van der Waals surface area contributed by atoms with E-state index in [4.69, 9.17) is 0 Å². The average molecular weight is 319 g/mol. The Hall–Kier alpha value is -1.20. The molecule has 118 valence electrons. The summed E-state index contributed by atoms with van der Waals surface area (Å²) in [4.78, 5) is 12.0. The van der Waals surface area contributed by atoms with Crippen LogP contribution in [0.3, 0.4) is 0 Å². The number of amides is 1. The first-order chi connectivity index (χ1) is 9.60. The number of hydrogen-bond donors (Lipinski definition) is 2. The fourth-order valence-corrected chi connectivity index (χ4v) is 2.59. The van der Waals surface area contributed by atoms with Crippen LogP contribution in [0.4, 0.5) is 8.78 Å². The van der Waals surface area contributed by atoms with Crippen LogP contribution in [0.25, 0.3) is 0 Å². The Kier molecular flexibility index (Phi) is 7.05. The summed E-state index contributed by atoms with van der Waals surface area (Å²) in [6, 6.07) is 3.04. The van der Waals surface area contributed by atoms with Gasteiger partial charge in [-0.1, -0.05) is 6.92 Å². The van der Waals surface area contributed by atoms with Gasteiger partial charge in [-0.15, -0.1) is 12.4 Å². The zero-order valence-corrected chi connectivity index (χ0v) is 12.8. The van der Waals surface area contributed by atoms with Gasteiger partial charge in [-0.25, -0.2) is 8.78 Å². The molecule has 1 fully saturated rings. The second-order valence-electron chi connectivity index (χ2n) is 5.19. The third-order valence-corrected chi connectivity index (χ3v) is 3.67. The summed E-state index contributed by atoms with van der Waals surface area (Å²) in [6.07, 6.45) is 2.96. The largest absolute Gasteiger partial charge is 0.349 e. The van der Waals surface area contributed by atoms with Gasteiger partial charge < -0.3 is 10.6 Å². The summed E-state index contributed by atoms with van der Waals surface area (Å²) in [5.41, 5.74) is 0.209. The van der Waals surface area contributed by atoms with Crippen molar-refractivity contribution in [2.75, 3.05) is 6.54 Å². The molecule has 2 atom stereocenters. The molecule has 2 unspecified atom stereocenters. The van der Waals surface area contributed by atoms with Crippen molar-refractivity contribution in [1.29, 1.82) is 0 Å². The summed E-state index contributed by atoms with van der Waals surface area (Å²) in [5.74, 6) is -1.11. The van der Waals surface area contributed by atoms with Crippen LogP contribution in [0.15, 0.2) is 18.2 Å². The second-order valence-corrected chi connectivity index (χ2v) is 5.19. The summed E-state index contributed by atoms with van der Waals surface area (Å²) in [5, 5.41) is 6.04. The number of benzene rings is 1. The van der Waals surface area contributed by atoms with Gasteiger partial charge in [0.15, 0.2) is 0 Å². The van der Waals surface area contributed by atoms with Gasteiger partial charge in [-0.3, -0.25) is 4.79 Å². The van der Waals surface area contributed by atoms with Crippen molar-refractivity contribution in [2.45, 2.75) is 44.7 Å². The van der Waals surface area contributed by atoms with Crippen LogP contribution in [-0.4, -0.2) is 18.5 Å². The standard InChI is InChI=1S/C15H20F2N2O.ClH/c1-2-14(12-8-10(16)5-6-13(12)17)19-15(20)9-11-4-3-7-18-11;/h5-6,8,11,14,18H,2-4,7,9H2,1H3,(H,19,20);1H. The van der Waals surface area contributed by atoms with E-state index in [9.17, 15) is 13.6 Å². The van der Waals surface area contributed by atoms with Crippen molar-refractivity contribution in [3.05, 3.63) is 35.4 Å². The minimum atomic E-state index is -0.494. The molecule has 0 spiro atoms. The molecular weight excluding hydrogens is 298 g/mol. The van der Waals surface area contributed by atoms with Gasteiger partial charge in [0.2, 0.25) is 5.91 Å². The topological polar surface area (TPSA) is 41.1 Å². The molecule has 0 radical (unpaired) electrons. The Morgan fingerprint density at radius 1 is 1.48 bits per heavy atom. The van der Waals surface area contributed by atoms with Crippen molar-refractivity contribution in [2.24, 2.45) is 0 Å². The number of nitrogens with one attached hydrogen (secondary N) is 2. The maximum Gasteiger partial charge on any atom is 0.222 e. The zero-order valence-electron chi connectivity index (χ0n) is 12.0. The van der Waals surface area contributed by atoms with Crippen LogP contribution in [0.2, 0.25) is 0 Å². The predicted octanol–water partition coefficient (Wildman–Crippen LogP) is 3.10. The van der Waals surface area contributed by atoms with Crippen molar-refractivity contribution >= 4 is 18.3 Å². The van der Waals surface area contributed by atoms with E-state index in [0.717, 1.165) is 37.6 Å². The van der Waals surface area contributed by atoms with Gasteiger partial charge in [-0.2, -0.15) is 0 Å². The Morgan fingerprint density at radius 2 is 2.24 bits per heavy atom. The maximum absolute atomic E-state index is 13.7. The van der Waals surface area contributed by atoms with E-state index in [-0.39, 0.29) is 29.9 Å². The van der Waals surface area contributed by atoms with Gasteiger partial charge in [0.1, 0.15) is 11.6 Å². The highest BCUT2D eigenvalue weighted by atomic mass is 35.5. The molecule has 0 saturated carbocycles. The number of hydrogen-bond acceptors (Lipinski definition) is 2. The molecule has 1 aromatic rings. The smallest absolute Gasteiger partial charge is 0.222 e. The van der Waals surface area contributed by atoms with E-state index in [1.54, 1.807) is 0 Å². The summed E-state index contributed by atoms with van der Waals surface area (Å²) in [7, 11) is 0. The average Bonchev–Trinajstić information content (AvgIpc) is 2.92. The van der Waals surface area contributed by atoms with Gasteiger partial charge in [0.25, 0.3) is 0 Å². The van der Waals surface area contributed by atoms with Crippen molar-refractivity contribution < 1.29 is 13.6 Å². The monoisotopic (exact) mass is 318 g/mol. The van der Waals surface area contributed by atoms with Crippen molar-refractivity contribution in [1.82, 2.24) is 10.6 Å². The zero-order chi connectivity index (χ0) is 14.5. The molecule has 1 saturated heterocycles. The first-order valence-corrected chi connectivity index (χ1v) is 7.08. The fraction of sp³-hybridized carbons (Fsp3) is 0.533. The summed E-state index contributed by atoms with van der Waals surface area (Å²) in [6.45, 7) is 2.77. The van der Waals surface area contributed by atoms with Crippen molar-refractivity contribution in [3.8, 4) is 0 Å². The first-order valence-electron chi connectivity index (χ1n) is 7.08. The maximum atomic E-state index is 13.7. The molecule has 0 aliphatic carbocycles. The molecule has 1 aromatic carbocycles. The quantitative estimate of drug-likeness (QED) is 0.876. The third kappa shape index (κ3) is 4.93. The fourth-order valence-electron chi connectivity index (χ4n) is 2.59. The van der Waals surface area contributed by atoms with E-state index in [1.165, 1.54) is 0 Å². The lowest BCUT2D eigenvalue weighted by atomic mass is 10.0. The molecule has 2 rings (SSSR count). The molecule has 2 N–H and O–H groups in total. The lowest BCUT2D eigenvalue weighted by molar-refractivity contribution is -0.122. The minimum absolute atomic E-state index is 0. The first kappa shape index (κ1) is 17.9. The van der Waals surface area contributed by atoms with Gasteiger partial charge in [0.05, 0.1) is 6.04 Å². The van der Waals surface area contributed by atoms with Crippen LogP contribution in [-0.2, 0) is 4.79 Å². The summed E-state index contributed by atoms with van der Waals surface area (Å²) >= 11 is 0. The van der Waals surface area contributed by atoms with E-state index in [1.807, 2.05) is 6.92 Å². The van der Waals surface area contributed by atoms with Gasteiger partial charge >= 0.3 is 0 Å². The van der Waals surface area contributed by atoms with Crippen LogP contribution in [0.1, 0.15) is 44.2 Å². The molecule has 0 aromatic heterocycles. The molecule has 1 amide bonds. The molecule has 6 heteroatoms. The Labute approximate surface area is 129 Å². The van der Waals surface area contributed by atoms with Crippen LogP contribution in [0.5, 0.6) is 0 Å². The van der Waals surface area contributed by atoms with Crippen LogP contribution >= 0.6 is 12.4 Å². The molecule has 1 aliphatic heterocycles. The van der Waals surface area contributed by atoms with Crippen LogP contribution < -0.4 is 10.6 Å². The normalized spacial score (nSPS) is 18.9. The van der Waals surface area contributed by atoms with Gasteiger partial charge in [0, 0.05) is 18.0 Å². The Balaban J connectivity index is 0.00000220. The lowest BCUT2D eigenvalue weighted by Gasteiger charge is -2.19. The number of carbonyl (C=O) groups is 1. The third-order valence-electron chi connectivity index (χ3n) is 3.67. The van der Waals surface area contributed by atoms with E-state index in [2.05, 4.69) is 10.6 Å². The number of carbonyl (C=O) groups excluding carboxylic acids is 1. The van der Waals surface area contributed by atoms with E-state index < -0.39 is 17.7 Å². The Bertz CT molecular complexity index is 479. The SMILES string of the molecule is CCC(NC(=O)CC1CCCN1)c1cc(F)ccc1F.Cl. The van der Waals surface area contributed by atoms with Gasteiger partial charge in [-0.05, 0) is 44.0 Å². The van der Waals surface area contributed by atoms with Crippen LogP contribution in [0, 0.1) is 11.6 Å².